The summed E-state index contributed by atoms with van der Waals surface area (Å²) in [7, 11) is 3.01. The van der Waals surface area contributed by atoms with Gasteiger partial charge in [0.1, 0.15) is 29.2 Å². The fourth-order valence-corrected chi connectivity index (χ4v) is 3.56. The molecule has 3 rings (SSSR count). The van der Waals surface area contributed by atoms with Crippen LogP contribution in [0.1, 0.15) is 16.1 Å². The number of ether oxygens (including phenoxy) is 2. The van der Waals surface area contributed by atoms with Gasteiger partial charge >= 0.3 is 12.1 Å². The Hall–Kier alpha value is -3.62. The van der Waals surface area contributed by atoms with E-state index in [4.69, 9.17) is 21.1 Å². The maximum Gasteiger partial charge on any atom is 0.417 e. The monoisotopic (exact) mass is 600 g/mol. The number of nitrogens with one attached hydrogen (secondary N) is 2. The number of aromatic nitrogens is 3. The molecule has 0 radical (unpaired) electrons. The van der Waals surface area contributed by atoms with Crippen molar-refractivity contribution in [1.82, 2.24) is 20.1 Å². The van der Waals surface area contributed by atoms with E-state index in [-0.39, 0.29) is 40.0 Å². The molecule has 0 spiro atoms. The standard InChI is InChI=1S/C22H20BrClF2N6O5/c1-27-9-16(33)36-10-12-4-3-7-28-20(12)31(2)22(35)37-11-32-19(24)17(23)18(30-32)21(34)29-15-6-5-13(25)8-14(15)26/h3-8,27H,9-11H2,1-2H3,(H,29,34). The highest BCUT2D eigenvalue weighted by molar-refractivity contribution is 9.10. The number of esters is 1. The molecule has 1 aromatic carbocycles. The summed E-state index contributed by atoms with van der Waals surface area (Å²) in [5.41, 5.74) is -0.0356. The van der Waals surface area contributed by atoms with Gasteiger partial charge in [-0.2, -0.15) is 5.10 Å². The normalized spacial score (nSPS) is 10.6. The lowest BCUT2D eigenvalue weighted by molar-refractivity contribution is -0.143. The van der Waals surface area contributed by atoms with Crippen LogP contribution in [-0.4, -0.2) is 53.4 Å². The van der Waals surface area contributed by atoms with Gasteiger partial charge in [-0.1, -0.05) is 17.7 Å². The van der Waals surface area contributed by atoms with Gasteiger partial charge in [-0.3, -0.25) is 14.5 Å². The second kappa shape index (κ2) is 12.6. The highest BCUT2D eigenvalue weighted by Crippen LogP contribution is 2.28. The first kappa shape index (κ1) is 28.0. The van der Waals surface area contributed by atoms with Gasteiger partial charge in [0.05, 0.1) is 16.7 Å². The van der Waals surface area contributed by atoms with E-state index in [9.17, 15) is 23.2 Å². The van der Waals surface area contributed by atoms with E-state index in [0.29, 0.717) is 11.6 Å². The molecule has 196 valence electrons. The maximum absolute atomic E-state index is 13.9. The summed E-state index contributed by atoms with van der Waals surface area (Å²) in [6, 6.07) is 5.91. The average molecular weight is 602 g/mol. The molecular formula is C22H20BrClF2N6O5. The van der Waals surface area contributed by atoms with Crippen LogP contribution in [0.2, 0.25) is 5.15 Å². The van der Waals surface area contributed by atoms with Gasteiger partial charge in [-0.15, -0.1) is 0 Å². The topological polar surface area (TPSA) is 128 Å². The fraction of sp³-hybridized carbons (Fsp3) is 0.227. The van der Waals surface area contributed by atoms with Crippen molar-refractivity contribution < 1.29 is 32.6 Å². The summed E-state index contributed by atoms with van der Waals surface area (Å²) < 4.78 is 38.4. The van der Waals surface area contributed by atoms with E-state index in [1.54, 1.807) is 19.2 Å². The van der Waals surface area contributed by atoms with E-state index in [1.807, 2.05) is 0 Å². The number of carbonyl (C=O) groups is 3. The zero-order valence-corrected chi connectivity index (χ0v) is 21.8. The number of hydrogen-bond donors (Lipinski definition) is 2. The summed E-state index contributed by atoms with van der Waals surface area (Å²) in [6.07, 6.45) is 0.609. The Labute approximate surface area is 222 Å². The van der Waals surface area contributed by atoms with Crippen molar-refractivity contribution in [2.45, 2.75) is 13.3 Å². The molecule has 0 aliphatic heterocycles. The summed E-state index contributed by atoms with van der Waals surface area (Å²) in [5.74, 6) is -2.91. The molecule has 15 heteroatoms. The number of carbonyl (C=O) groups excluding carboxylic acids is 3. The van der Waals surface area contributed by atoms with Crippen LogP contribution in [-0.2, 0) is 27.6 Å². The van der Waals surface area contributed by atoms with Gasteiger partial charge in [0.25, 0.3) is 5.91 Å². The SMILES string of the molecule is CNCC(=O)OCc1cccnc1N(C)C(=O)OCn1nc(C(=O)Nc2ccc(F)cc2F)c(Br)c1Cl. The summed E-state index contributed by atoms with van der Waals surface area (Å²) >= 11 is 9.32. The predicted molar refractivity (Wildman–Crippen MR) is 132 cm³/mol. The Morgan fingerprint density at radius 3 is 2.68 bits per heavy atom. The van der Waals surface area contributed by atoms with Gasteiger partial charge < -0.3 is 20.1 Å². The zero-order valence-electron chi connectivity index (χ0n) is 19.4. The summed E-state index contributed by atoms with van der Waals surface area (Å²) in [6.45, 7) is -0.586. The smallest absolute Gasteiger partial charge is 0.417 e. The lowest BCUT2D eigenvalue weighted by Gasteiger charge is -2.19. The quantitative estimate of drug-likeness (QED) is 0.356. The van der Waals surface area contributed by atoms with Crippen molar-refractivity contribution in [3.8, 4) is 0 Å². The van der Waals surface area contributed by atoms with Crippen LogP contribution >= 0.6 is 27.5 Å². The van der Waals surface area contributed by atoms with Crippen LogP contribution in [0.4, 0.5) is 25.1 Å². The minimum Gasteiger partial charge on any atom is -0.460 e. The van der Waals surface area contributed by atoms with E-state index >= 15 is 0 Å². The Morgan fingerprint density at radius 2 is 1.97 bits per heavy atom. The molecule has 2 N–H and O–H groups in total. The first-order valence-corrected chi connectivity index (χ1v) is 11.6. The fourth-order valence-electron chi connectivity index (χ4n) is 2.92. The molecule has 0 bridgehead atoms. The average Bonchev–Trinajstić information content (AvgIpc) is 3.16. The zero-order chi connectivity index (χ0) is 27.1. The molecule has 0 aliphatic rings. The first-order valence-electron chi connectivity index (χ1n) is 10.4. The van der Waals surface area contributed by atoms with E-state index < -0.39 is 36.3 Å². The van der Waals surface area contributed by atoms with Gasteiger partial charge in [0.15, 0.2) is 12.4 Å². The minimum atomic E-state index is -0.974. The molecule has 0 atom stereocenters. The second-order valence-electron chi connectivity index (χ2n) is 7.31. The molecule has 0 saturated carbocycles. The molecule has 0 saturated heterocycles. The maximum atomic E-state index is 13.9. The lowest BCUT2D eigenvalue weighted by atomic mass is 10.2. The highest BCUT2D eigenvalue weighted by atomic mass is 79.9. The number of anilines is 2. The molecule has 2 aromatic heterocycles. The second-order valence-corrected chi connectivity index (χ2v) is 8.46. The van der Waals surface area contributed by atoms with Gasteiger partial charge in [0.2, 0.25) is 0 Å². The molecule has 0 aliphatic carbocycles. The van der Waals surface area contributed by atoms with Crippen molar-refractivity contribution in [3.63, 3.8) is 0 Å². The Kier molecular flexibility index (Phi) is 9.49. The molecule has 2 amide bonds. The van der Waals surface area contributed by atoms with Crippen LogP contribution in [0.5, 0.6) is 0 Å². The van der Waals surface area contributed by atoms with Crippen LogP contribution in [0.25, 0.3) is 0 Å². The van der Waals surface area contributed by atoms with Crippen LogP contribution in [0.3, 0.4) is 0 Å². The summed E-state index contributed by atoms with van der Waals surface area (Å²) in [4.78, 5) is 42.1. The number of pyridine rings is 1. The van der Waals surface area contributed by atoms with E-state index in [2.05, 4.69) is 36.6 Å². The number of amides is 2. The Bertz CT molecular complexity index is 1320. The number of rotatable bonds is 9. The van der Waals surface area contributed by atoms with Crippen molar-refractivity contribution >= 4 is 57.0 Å². The first-order chi connectivity index (χ1) is 17.6. The molecule has 2 heterocycles. The molecule has 37 heavy (non-hydrogen) atoms. The Balaban J connectivity index is 1.67. The minimum absolute atomic E-state index is 0.0204. The van der Waals surface area contributed by atoms with Crippen LogP contribution in [0.15, 0.2) is 41.0 Å². The third kappa shape index (κ3) is 6.99. The Morgan fingerprint density at radius 1 is 1.22 bits per heavy atom. The molecule has 11 nitrogen and oxygen atoms in total. The van der Waals surface area contributed by atoms with Crippen molar-refractivity contribution in [2.75, 3.05) is 30.9 Å². The van der Waals surface area contributed by atoms with Crippen molar-refractivity contribution in [3.05, 3.63) is 69.0 Å². The number of benzene rings is 1. The number of halogens is 4. The summed E-state index contributed by atoms with van der Waals surface area (Å²) in [5, 5.41) is 8.86. The number of nitrogens with zero attached hydrogens (tertiary/aromatic N) is 4. The largest absolute Gasteiger partial charge is 0.460 e. The molecule has 0 unspecified atom stereocenters. The third-order valence-electron chi connectivity index (χ3n) is 4.71. The highest BCUT2D eigenvalue weighted by Gasteiger charge is 2.23. The molecule has 3 aromatic rings. The van der Waals surface area contributed by atoms with Gasteiger partial charge in [0, 0.05) is 24.9 Å². The van der Waals surface area contributed by atoms with Crippen LogP contribution in [0, 0.1) is 11.6 Å². The molecular weight excluding hydrogens is 582 g/mol. The van der Waals surface area contributed by atoms with Gasteiger partial charge in [-0.05, 0) is 41.2 Å². The van der Waals surface area contributed by atoms with Gasteiger partial charge in [-0.25, -0.2) is 23.2 Å². The number of likely N-dealkylation sites (N-methyl/N-ethyl adjacent to an activating group) is 1. The van der Waals surface area contributed by atoms with E-state index in [1.165, 1.54) is 13.2 Å². The lowest BCUT2D eigenvalue weighted by Crippen LogP contribution is -2.30. The predicted octanol–water partition coefficient (Wildman–Crippen LogP) is 3.72. The third-order valence-corrected chi connectivity index (χ3v) is 6.07. The number of hydrogen-bond acceptors (Lipinski definition) is 8. The van der Waals surface area contributed by atoms with Crippen molar-refractivity contribution in [1.29, 1.82) is 0 Å². The van der Waals surface area contributed by atoms with Crippen LogP contribution < -0.4 is 15.5 Å². The van der Waals surface area contributed by atoms with Crippen molar-refractivity contribution in [2.24, 2.45) is 0 Å². The molecule has 0 fully saturated rings. The van der Waals surface area contributed by atoms with E-state index in [0.717, 1.165) is 21.7 Å².